The van der Waals surface area contributed by atoms with E-state index in [1.54, 1.807) is 11.3 Å². The van der Waals surface area contributed by atoms with E-state index in [1.807, 2.05) is 41.8 Å². The Morgan fingerprint density at radius 1 is 1.32 bits per heavy atom. The number of thiophene rings is 1. The zero-order valence-electron chi connectivity index (χ0n) is 9.72. The first-order valence-corrected chi connectivity index (χ1v) is 7.23. The lowest BCUT2D eigenvalue weighted by atomic mass is 10.2. The summed E-state index contributed by atoms with van der Waals surface area (Å²) in [5.74, 6) is 0.729. The molecular formula is C14H8BrNO2S. The van der Waals surface area contributed by atoms with Crippen molar-refractivity contribution in [1.29, 1.82) is 5.26 Å². The molecule has 19 heavy (non-hydrogen) atoms. The fourth-order valence-electron chi connectivity index (χ4n) is 1.80. The molecule has 3 aromatic rings. The van der Waals surface area contributed by atoms with Gasteiger partial charge in [0.05, 0.1) is 10.3 Å². The third kappa shape index (κ3) is 2.25. The summed E-state index contributed by atoms with van der Waals surface area (Å²) in [4.78, 5) is 1.08. The summed E-state index contributed by atoms with van der Waals surface area (Å²) in [6.07, 6.45) is 0. The molecule has 0 aliphatic heterocycles. The van der Waals surface area contributed by atoms with Crippen molar-refractivity contribution in [1.82, 2.24) is 0 Å². The summed E-state index contributed by atoms with van der Waals surface area (Å²) >= 11 is 5.06. The number of ether oxygens (including phenoxy) is 1. The number of halogens is 1. The van der Waals surface area contributed by atoms with Crippen molar-refractivity contribution in [2.24, 2.45) is 0 Å². The molecule has 0 aliphatic carbocycles. The van der Waals surface area contributed by atoms with Gasteiger partial charge in [-0.2, -0.15) is 5.26 Å². The van der Waals surface area contributed by atoms with Gasteiger partial charge in [-0.25, -0.2) is 0 Å². The Morgan fingerprint density at radius 3 is 2.89 bits per heavy atom. The second kappa shape index (κ2) is 5.08. The first-order chi connectivity index (χ1) is 9.29. The molecular weight excluding hydrogens is 326 g/mol. The highest BCUT2D eigenvalue weighted by atomic mass is 79.9. The number of furan rings is 1. The van der Waals surface area contributed by atoms with Crippen LogP contribution in [-0.4, -0.2) is 0 Å². The third-order valence-electron chi connectivity index (χ3n) is 2.69. The molecule has 0 saturated carbocycles. The first kappa shape index (κ1) is 12.3. The minimum atomic E-state index is 0.217. The second-order valence-electron chi connectivity index (χ2n) is 3.85. The van der Waals surface area contributed by atoms with E-state index >= 15 is 0 Å². The fourth-order valence-corrected chi connectivity index (χ4v) is 3.18. The standard InChI is InChI=1S/C14H8BrNO2S/c15-10-5-6-19-13(10)8-17-14-9-3-1-2-4-11(9)18-12(14)7-16/h1-6H,8H2. The summed E-state index contributed by atoms with van der Waals surface area (Å²) in [7, 11) is 0. The Bertz CT molecular complexity index is 769. The number of rotatable bonds is 3. The lowest BCUT2D eigenvalue weighted by molar-refractivity contribution is 0.306. The number of hydrogen-bond acceptors (Lipinski definition) is 4. The van der Waals surface area contributed by atoms with Crippen molar-refractivity contribution in [3.63, 3.8) is 0 Å². The van der Waals surface area contributed by atoms with Gasteiger partial charge in [-0.05, 0) is 39.5 Å². The van der Waals surface area contributed by atoms with Crippen LogP contribution >= 0.6 is 27.3 Å². The number of fused-ring (bicyclic) bond motifs is 1. The van der Waals surface area contributed by atoms with Gasteiger partial charge in [0, 0.05) is 4.47 Å². The van der Waals surface area contributed by atoms with Gasteiger partial charge in [-0.1, -0.05) is 12.1 Å². The molecule has 0 aliphatic rings. The Morgan fingerprint density at radius 2 is 2.16 bits per heavy atom. The summed E-state index contributed by atoms with van der Waals surface area (Å²) in [5, 5.41) is 11.9. The quantitative estimate of drug-likeness (QED) is 0.697. The predicted molar refractivity (Wildman–Crippen MR) is 77.3 cm³/mol. The van der Waals surface area contributed by atoms with E-state index in [9.17, 15) is 0 Å². The monoisotopic (exact) mass is 333 g/mol. The molecule has 0 amide bonds. The molecule has 3 rings (SSSR count). The number of nitrogens with zero attached hydrogens (tertiary/aromatic N) is 1. The van der Waals surface area contributed by atoms with Crippen molar-refractivity contribution < 1.29 is 9.15 Å². The van der Waals surface area contributed by atoms with Crippen LogP contribution in [0.4, 0.5) is 0 Å². The molecule has 3 nitrogen and oxygen atoms in total. The van der Waals surface area contributed by atoms with Crippen molar-refractivity contribution >= 4 is 38.2 Å². The van der Waals surface area contributed by atoms with Gasteiger partial charge < -0.3 is 9.15 Å². The predicted octanol–water partition coefficient (Wildman–Crippen LogP) is 4.71. The van der Waals surface area contributed by atoms with Gasteiger partial charge in [-0.3, -0.25) is 0 Å². The Kier molecular flexibility index (Phi) is 3.28. The molecule has 5 heteroatoms. The van der Waals surface area contributed by atoms with Crippen molar-refractivity contribution in [3.8, 4) is 11.8 Å². The zero-order valence-corrected chi connectivity index (χ0v) is 12.1. The van der Waals surface area contributed by atoms with Crippen molar-refractivity contribution in [2.45, 2.75) is 6.61 Å². The topological polar surface area (TPSA) is 46.2 Å². The fraction of sp³-hybridized carbons (Fsp3) is 0.0714. The van der Waals surface area contributed by atoms with Crippen LogP contribution in [0.3, 0.4) is 0 Å². The average molecular weight is 334 g/mol. The van der Waals surface area contributed by atoms with Crippen molar-refractivity contribution in [3.05, 3.63) is 50.8 Å². The third-order valence-corrected chi connectivity index (χ3v) is 4.59. The molecule has 94 valence electrons. The first-order valence-electron chi connectivity index (χ1n) is 5.56. The molecule has 0 N–H and O–H groups in total. The summed E-state index contributed by atoms with van der Waals surface area (Å²) in [6.45, 7) is 0.413. The summed E-state index contributed by atoms with van der Waals surface area (Å²) < 4.78 is 12.2. The molecule has 0 bridgehead atoms. The number of para-hydroxylation sites is 1. The van der Waals surface area contributed by atoms with Crippen LogP contribution in [0.2, 0.25) is 0 Å². The Hall–Kier alpha value is -1.77. The van der Waals surface area contributed by atoms with E-state index in [0.717, 1.165) is 14.7 Å². The smallest absolute Gasteiger partial charge is 0.246 e. The minimum Gasteiger partial charge on any atom is -0.483 e. The lowest BCUT2D eigenvalue weighted by Gasteiger charge is -2.03. The summed E-state index contributed by atoms with van der Waals surface area (Å²) in [5.41, 5.74) is 0.666. The van der Waals surface area contributed by atoms with Crippen molar-refractivity contribution in [2.75, 3.05) is 0 Å². The lowest BCUT2D eigenvalue weighted by Crippen LogP contribution is -1.94. The highest BCUT2D eigenvalue weighted by Crippen LogP contribution is 2.34. The number of benzene rings is 1. The molecule has 0 spiro atoms. The van der Waals surface area contributed by atoms with Gasteiger partial charge in [0.15, 0.2) is 5.75 Å². The van der Waals surface area contributed by atoms with Gasteiger partial charge in [-0.15, -0.1) is 11.3 Å². The number of nitriles is 1. The van der Waals surface area contributed by atoms with Gasteiger partial charge in [0.1, 0.15) is 18.3 Å². The van der Waals surface area contributed by atoms with E-state index in [-0.39, 0.29) is 5.76 Å². The van der Waals surface area contributed by atoms with Crippen LogP contribution in [0.1, 0.15) is 10.6 Å². The molecule has 0 unspecified atom stereocenters. The highest BCUT2D eigenvalue weighted by molar-refractivity contribution is 9.10. The second-order valence-corrected chi connectivity index (χ2v) is 5.70. The molecule has 0 radical (unpaired) electrons. The largest absolute Gasteiger partial charge is 0.483 e. The molecule has 0 saturated heterocycles. The maximum absolute atomic E-state index is 9.10. The minimum absolute atomic E-state index is 0.217. The van der Waals surface area contributed by atoms with Crippen LogP contribution in [-0.2, 0) is 6.61 Å². The van der Waals surface area contributed by atoms with E-state index in [4.69, 9.17) is 14.4 Å². The van der Waals surface area contributed by atoms with Crippen LogP contribution in [0, 0.1) is 11.3 Å². The van der Waals surface area contributed by atoms with Crippen LogP contribution in [0.15, 0.2) is 44.6 Å². The maximum Gasteiger partial charge on any atom is 0.246 e. The SMILES string of the molecule is N#Cc1oc2ccccc2c1OCc1sccc1Br. The molecule has 2 aromatic heterocycles. The van der Waals surface area contributed by atoms with Gasteiger partial charge >= 0.3 is 0 Å². The molecule has 0 atom stereocenters. The summed E-state index contributed by atoms with van der Waals surface area (Å²) in [6, 6.07) is 11.5. The van der Waals surface area contributed by atoms with Gasteiger partial charge in [0.25, 0.3) is 0 Å². The average Bonchev–Trinajstić information content (AvgIpc) is 2.99. The van der Waals surface area contributed by atoms with Crippen LogP contribution in [0.5, 0.6) is 5.75 Å². The molecule has 1 aromatic carbocycles. The van der Waals surface area contributed by atoms with Crippen LogP contribution < -0.4 is 4.74 Å². The number of hydrogen-bond donors (Lipinski definition) is 0. The molecule has 0 fully saturated rings. The Balaban J connectivity index is 1.96. The highest BCUT2D eigenvalue weighted by Gasteiger charge is 2.15. The van der Waals surface area contributed by atoms with E-state index in [2.05, 4.69) is 15.9 Å². The van der Waals surface area contributed by atoms with E-state index in [1.165, 1.54) is 0 Å². The normalized spacial score (nSPS) is 10.5. The molecule has 2 heterocycles. The van der Waals surface area contributed by atoms with E-state index in [0.29, 0.717) is 17.9 Å². The van der Waals surface area contributed by atoms with Crippen LogP contribution in [0.25, 0.3) is 11.0 Å². The Labute approximate surface area is 122 Å². The zero-order chi connectivity index (χ0) is 13.2. The van der Waals surface area contributed by atoms with E-state index < -0.39 is 0 Å². The van der Waals surface area contributed by atoms with Gasteiger partial charge in [0.2, 0.25) is 5.76 Å². The maximum atomic E-state index is 9.10.